The number of carbonyl (C=O) groups excluding carboxylic acids is 4. The molecule has 370 valence electrons. The zero-order valence-corrected chi connectivity index (χ0v) is 40.9. The Morgan fingerprint density at radius 3 is 1.72 bits per heavy atom. The molecule has 18 nitrogen and oxygen atoms in total. The van der Waals surface area contributed by atoms with Crippen LogP contribution in [0.5, 0.6) is 11.5 Å². The molecule has 5 aromatic rings. The van der Waals surface area contributed by atoms with E-state index in [0.717, 1.165) is 76.6 Å². The van der Waals surface area contributed by atoms with Gasteiger partial charge in [0.25, 0.3) is 0 Å². The molecule has 2 fully saturated rings. The molecular formula is C51H66N8O10. The van der Waals surface area contributed by atoms with Crippen LogP contribution in [0.25, 0.3) is 44.5 Å². The number of nitrogens with one attached hydrogen (secondary N) is 4. The lowest BCUT2D eigenvalue weighted by atomic mass is 9.96. The van der Waals surface area contributed by atoms with Crippen LogP contribution in [0.4, 0.5) is 9.59 Å². The summed E-state index contributed by atoms with van der Waals surface area (Å²) in [4.78, 5) is 72.4. The first-order valence-corrected chi connectivity index (χ1v) is 23.7. The van der Waals surface area contributed by atoms with E-state index in [1.54, 1.807) is 25.3 Å². The van der Waals surface area contributed by atoms with Crippen molar-refractivity contribution >= 4 is 35.0 Å². The first kappa shape index (κ1) is 50.2. The van der Waals surface area contributed by atoms with Crippen molar-refractivity contribution in [3.63, 3.8) is 0 Å². The van der Waals surface area contributed by atoms with E-state index >= 15 is 0 Å². The number of fused-ring (bicyclic) bond motifs is 1. The molecular weight excluding hydrogens is 885 g/mol. The van der Waals surface area contributed by atoms with Gasteiger partial charge in [-0.3, -0.25) is 9.59 Å². The molecule has 18 heteroatoms. The fraction of sp³-hybridized carbons (Fsp3) is 0.490. The highest BCUT2D eigenvalue weighted by Gasteiger charge is 2.39. The van der Waals surface area contributed by atoms with Gasteiger partial charge in [-0.1, -0.05) is 58.0 Å². The number of likely N-dealkylation sites (tertiary alicyclic amines) is 2. The Labute approximate surface area is 403 Å². The molecule has 0 saturated carbocycles. The van der Waals surface area contributed by atoms with Gasteiger partial charge in [0.15, 0.2) is 11.5 Å². The molecule has 3 aromatic carbocycles. The number of amides is 4. The highest BCUT2D eigenvalue weighted by Crippen LogP contribution is 2.46. The number of alkyl carbamates (subject to hydrolysis) is 2. The Morgan fingerprint density at radius 2 is 1.16 bits per heavy atom. The lowest BCUT2D eigenvalue weighted by Gasteiger charge is -2.37. The van der Waals surface area contributed by atoms with Crippen molar-refractivity contribution in [1.82, 2.24) is 40.4 Å². The van der Waals surface area contributed by atoms with Gasteiger partial charge in [-0.15, -0.1) is 0 Å². The minimum Gasteiger partial charge on any atom is -0.487 e. The summed E-state index contributed by atoms with van der Waals surface area (Å²) in [6, 6.07) is 16.1. The molecule has 2 aliphatic heterocycles. The van der Waals surface area contributed by atoms with Gasteiger partial charge in [0.05, 0.1) is 62.4 Å². The molecule has 2 aromatic heterocycles. The number of hydrogen-bond acceptors (Lipinski definition) is 12. The summed E-state index contributed by atoms with van der Waals surface area (Å²) in [5.41, 5.74) is 6.61. The predicted octanol–water partition coefficient (Wildman–Crippen LogP) is 7.82. The Bertz CT molecular complexity index is 2560. The van der Waals surface area contributed by atoms with Gasteiger partial charge < -0.3 is 58.8 Å². The van der Waals surface area contributed by atoms with E-state index in [9.17, 15) is 19.2 Å². The van der Waals surface area contributed by atoms with Crippen LogP contribution < -0.4 is 20.1 Å². The SMILES string of the molecule is COCCOc1c(-c2ccc(-c3cnc([C@@H]4CCCCN4C(=O)[C@@H](NC(=O)OC)C(C)C)[nH]3)cc2)ccc(-c2ccc3nc([C@@H]4CCCN4C(=O)[C@@H](NC(=O)OC)C(C)C)[nH]c3c2)c1OCCOC. The van der Waals surface area contributed by atoms with E-state index in [-0.39, 0.29) is 48.9 Å². The van der Waals surface area contributed by atoms with Crippen LogP contribution in [-0.2, 0) is 28.5 Å². The van der Waals surface area contributed by atoms with E-state index in [0.29, 0.717) is 49.5 Å². The second kappa shape index (κ2) is 23.1. The number of H-pyrrole nitrogens is 2. The van der Waals surface area contributed by atoms with E-state index in [1.807, 2.05) is 87.2 Å². The number of benzene rings is 3. The molecule has 2 aliphatic rings. The summed E-state index contributed by atoms with van der Waals surface area (Å²) in [5, 5.41) is 5.44. The Morgan fingerprint density at radius 1 is 0.638 bits per heavy atom. The topological polar surface area (TPSA) is 212 Å². The highest BCUT2D eigenvalue weighted by molar-refractivity contribution is 5.89. The van der Waals surface area contributed by atoms with Crippen molar-refractivity contribution < 1.29 is 47.6 Å². The zero-order chi connectivity index (χ0) is 49.2. The maximum absolute atomic E-state index is 13.9. The quantitative estimate of drug-likeness (QED) is 0.0584. The largest absolute Gasteiger partial charge is 0.487 e. The second-order valence-electron chi connectivity index (χ2n) is 18.1. The molecule has 69 heavy (non-hydrogen) atoms. The Kier molecular flexibility index (Phi) is 16.8. The number of rotatable bonds is 19. The summed E-state index contributed by atoms with van der Waals surface area (Å²) in [7, 11) is 5.82. The van der Waals surface area contributed by atoms with Crippen molar-refractivity contribution in [3.8, 4) is 45.0 Å². The molecule has 0 spiro atoms. The van der Waals surface area contributed by atoms with Gasteiger partial charge in [-0.05, 0) is 84.9 Å². The summed E-state index contributed by atoms with van der Waals surface area (Å²) < 4.78 is 33.5. The lowest BCUT2D eigenvalue weighted by Crippen LogP contribution is -2.53. The van der Waals surface area contributed by atoms with Crippen LogP contribution in [0.15, 0.2) is 60.8 Å². The standard InChI is InChI=1S/C51H66N8O10/c1-30(2)42(56-50(62)66-7)48(60)58-22-10-9-12-40(58)46-52-29-39(55-46)33-16-14-32(15-17-33)35-19-20-36(45(69-27-25-65-6)44(35)68-26-24-64-5)34-18-21-37-38(28-34)54-47(53-37)41-13-11-23-59(41)49(61)43(31(3)4)57-51(63)67-8/h14-21,28-31,40-43H,9-13,22-27H2,1-8H3,(H,52,55)(H,53,54)(H,56,62)(H,57,63)/t40-,41-,42-,43-/m0/s1. The molecule has 0 unspecified atom stereocenters. The lowest BCUT2D eigenvalue weighted by molar-refractivity contribution is -0.138. The molecule has 2 saturated heterocycles. The number of nitrogens with zero attached hydrogens (tertiary/aromatic N) is 4. The first-order chi connectivity index (χ1) is 33.4. The van der Waals surface area contributed by atoms with E-state index in [4.69, 9.17) is 38.4 Å². The van der Waals surface area contributed by atoms with Gasteiger partial charge in [-0.25, -0.2) is 19.6 Å². The van der Waals surface area contributed by atoms with Gasteiger partial charge in [0.1, 0.15) is 36.9 Å². The Hall–Kier alpha value is -6.66. The second-order valence-corrected chi connectivity index (χ2v) is 18.1. The smallest absolute Gasteiger partial charge is 0.407 e. The molecule has 4 atom stereocenters. The van der Waals surface area contributed by atoms with Crippen LogP contribution in [-0.4, -0.2) is 134 Å². The van der Waals surface area contributed by atoms with Gasteiger partial charge in [0, 0.05) is 38.4 Å². The van der Waals surface area contributed by atoms with Gasteiger partial charge >= 0.3 is 12.2 Å². The normalized spacial score (nSPS) is 17.0. The van der Waals surface area contributed by atoms with Crippen LogP contribution in [0, 0.1) is 11.8 Å². The molecule has 0 radical (unpaired) electrons. The summed E-state index contributed by atoms with van der Waals surface area (Å²) >= 11 is 0. The zero-order valence-electron chi connectivity index (χ0n) is 40.9. The minimum atomic E-state index is -0.738. The molecule has 0 aliphatic carbocycles. The van der Waals surface area contributed by atoms with E-state index in [1.165, 1.54) is 14.2 Å². The average molecular weight is 951 g/mol. The fourth-order valence-corrected chi connectivity index (χ4v) is 9.15. The monoisotopic (exact) mass is 950 g/mol. The van der Waals surface area contributed by atoms with Crippen molar-refractivity contribution in [2.75, 3.05) is 68.0 Å². The Balaban J connectivity index is 1.17. The fourth-order valence-electron chi connectivity index (χ4n) is 9.15. The third-order valence-electron chi connectivity index (χ3n) is 12.8. The first-order valence-electron chi connectivity index (χ1n) is 23.7. The van der Waals surface area contributed by atoms with Crippen molar-refractivity contribution in [2.45, 2.75) is 84.0 Å². The molecule has 4 heterocycles. The number of ether oxygens (including phenoxy) is 6. The van der Waals surface area contributed by atoms with Crippen molar-refractivity contribution in [2.24, 2.45) is 11.8 Å². The summed E-state index contributed by atoms with van der Waals surface area (Å²) in [5.74, 6) is 1.83. The number of aromatic nitrogens is 4. The van der Waals surface area contributed by atoms with Crippen molar-refractivity contribution in [1.29, 1.82) is 0 Å². The number of imidazole rings is 2. The molecule has 4 N–H and O–H groups in total. The average Bonchev–Trinajstić information content (AvgIpc) is 4.15. The number of hydrogen-bond donors (Lipinski definition) is 4. The predicted molar refractivity (Wildman–Crippen MR) is 260 cm³/mol. The highest BCUT2D eigenvalue weighted by atomic mass is 16.6. The minimum absolute atomic E-state index is 0.140. The van der Waals surface area contributed by atoms with Crippen molar-refractivity contribution in [3.05, 3.63) is 72.4 Å². The van der Waals surface area contributed by atoms with Crippen LogP contribution in [0.2, 0.25) is 0 Å². The van der Waals surface area contributed by atoms with E-state index in [2.05, 4.69) is 20.6 Å². The third-order valence-corrected chi connectivity index (χ3v) is 12.8. The van der Waals surface area contributed by atoms with Gasteiger partial charge in [0.2, 0.25) is 11.8 Å². The van der Waals surface area contributed by atoms with Crippen LogP contribution in [0.1, 0.15) is 83.5 Å². The van der Waals surface area contributed by atoms with Crippen LogP contribution >= 0.6 is 0 Å². The number of aromatic amines is 2. The third kappa shape index (κ3) is 11.5. The molecule has 7 rings (SSSR count). The molecule has 0 bridgehead atoms. The van der Waals surface area contributed by atoms with Gasteiger partial charge in [-0.2, -0.15) is 0 Å². The summed E-state index contributed by atoms with van der Waals surface area (Å²) in [6.07, 6.45) is 4.59. The number of piperidine rings is 1. The maximum atomic E-state index is 13.9. The maximum Gasteiger partial charge on any atom is 0.407 e. The van der Waals surface area contributed by atoms with Crippen LogP contribution in [0.3, 0.4) is 0 Å². The molecule has 4 amide bonds. The number of carbonyl (C=O) groups is 4. The number of methoxy groups -OCH3 is 4. The summed E-state index contributed by atoms with van der Waals surface area (Å²) in [6.45, 7) is 9.94. The van der Waals surface area contributed by atoms with E-state index < -0.39 is 24.3 Å².